The van der Waals surface area contributed by atoms with Gasteiger partial charge in [-0.05, 0) is 48.9 Å². The molecule has 0 heterocycles. The highest BCUT2D eigenvalue weighted by atomic mass is 16.5. The molecule has 4 nitrogen and oxygen atoms in total. The number of nitrogens with zero attached hydrogens (tertiary/aromatic N) is 3. The van der Waals surface area contributed by atoms with Crippen LogP contribution in [0.25, 0.3) is 0 Å². The number of hydrogen-bond acceptors (Lipinski definition) is 4. The Labute approximate surface area is 119 Å². The van der Waals surface area contributed by atoms with Gasteiger partial charge < -0.3 is 9.64 Å². The van der Waals surface area contributed by atoms with Crippen molar-refractivity contribution in [2.45, 2.75) is 6.92 Å². The lowest BCUT2D eigenvalue weighted by Crippen LogP contribution is -2.08. The fraction of sp³-hybridized carbons (Fsp3) is 0.250. The van der Waals surface area contributed by atoms with E-state index < -0.39 is 0 Å². The first-order chi connectivity index (χ1) is 9.60. The molecule has 2 aromatic carbocycles. The van der Waals surface area contributed by atoms with Crippen molar-refractivity contribution in [1.29, 1.82) is 0 Å². The van der Waals surface area contributed by atoms with Gasteiger partial charge in [-0.15, -0.1) is 5.11 Å². The molecule has 2 aromatic rings. The van der Waals surface area contributed by atoms with Crippen molar-refractivity contribution in [1.82, 2.24) is 0 Å². The van der Waals surface area contributed by atoms with Crippen LogP contribution < -0.4 is 9.64 Å². The maximum absolute atomic E-state index is 5.12. The third-order valence-electron chi connectivity index (χ3n) is 2.96. The molecule has 0 aliphatic carbocycles. The zero-order valence-electron chi connectivity index (χ0n) is 12.3. The van der Waals surface area contributed by atoms with Gasteiger partial charge in [0.1, 0.15) is 11.4 Å². The van der Waals surface area contributed by atoms with Crippen LogP contribution >= 0.6 is 0 Å². The molecule has 0 saturated carbocycles. The van der Waals surface area contributed by atoms with Crippen LogP contribution in [-0.2, 0) is 0 Å². The van der Waals surface area contributed by atoms with Gasteiger partial charge in [0.05, 0.1) is 18.5 Å². The quantitative estimate of drug-likeness (QED) is 0.767. The molecular weight excluding hydrogens is 250 g/mol. The number of rotatable bonds is 4. The smallest absolute Gasteiger partial charge is 0.119 e. The van der Waals surface area contributed by atoms with E-state index in [-0.39, 0.29) is 0 Å². The summed E-state index contributed by atoms with van der Waals surface area (Å²) in [5, 5.41) is 8.64. The van der Waals surface area contributed by atoms with Crippen molar-refractivity contribution in [3.05, 3.63) is 48.0 Å². The lowest BCUT2D eigenvalue weighted by atomic mass is 10.2. The van der Waals surface area contributed by atoms with Crippen LogP contribution in [0.5, 0.6) is 5.75 Å². The van der Waals surface area contributed by atoms with Crippen molar-refractivity contribution >= 4 is 17.1 Å². The average molecular weight is 269 g/mol. The van der Waals surface area contributed by atoms with Gasteiger partial charge in [-0.2, -0.15) is 5.11 Å². The minimum absolute atomic E-state index is 0.803. The zero-order chi connectivity index (χ0) is 14.5. The third-order valence-corrected chi connectivity index (χ3v) is 2.96. The van der Waals surface area contributed by atoms with Crippen LogP contribution in [0.4, 0.5) is 17.1 Å². The second kappa shape index (κ2) is 6.19. The van der Waals surface area contributed by atoms with E-state index in [0.29, 0.717) is 0 Å². The number of aryl methyl sites for hydroxylation is 1. The van der Waals surface area contributed by atoms with Crippen molar-refractivity contribution in [3.63, 3.8) is 0 Å². The molecule has 0 aliphatic rings. The molecule has 0 N–H and O–H groups in total. The molecule has 0 unspecified atom stereocenters. The highest BCUT2D eigenvalue weighted by molar-refractivity contribution is 5.67. The van der Waals surface area contributed by atoms with Crippen molar-refractivity contribution in [2.24, 2.45) is 10.2 Å². The van der Waals surface area contributed by atoms with E-state index in [4.69, 9.17) is 4.74 Å². The Morgan fingerprint density at radius 1 is 0.950 bits per heavy atom. The van der Waals surface area contributed by atoms with Crippen LogP contribution in [0, 0.1) is 6.92 Å². The lowest BCUT2D eigenvalue weighted by Gasteiger charge is -2.14. The highest BCUT2D eigenvalue weighted by Gasteiger charge is 2.04. The van der Waals surface area contributed by atoms with Crippen LogP contribution in [0.1, 0.15) is 5.56 Å². The van der Waals surface area contributed by atoms with Gasteiger partial charge in [-0.3, -0.25) is 0 Å². The third kappa shape index (κ3) is 3.35. The summed E-state index contributed by atoms with van der Waals surface area (Å²) in [4.78, 5) is 2.03. The molecule has 0 amide bonds. The first-order valence-electron chi connectivity index (χ1n) is 6.44. The second-order valence-electron chi connectivity index (χ2n) is 4.78. The molecule has 0 fully saturated rings. The predicted molar refractivity (Wildman–Crippen MR) is 82.7 cm³/mol. The molecule has 0 bridgehead atoms. The normalized spacial score (nSPS) is 10.8. The molecule has 0 radical (unpaired) electrons. The monoisotopic (exact) mass is 269 g/mol. The van der Waals surface area contributed by atoms with E-state index in [0.717, 1.165) is 22.8 Å². The Morgan fingerprint density at radius 2 is 1.65 bits per heavy atom. The minimum atomic E-state index is 0.803. The first-order valence-corrected chi connectivity index (χ1v) is 6.44. The summed E-state index contributed by atoms with van der Waals surface area (Å²) < 4.78 is 5.12. The van der Waals surface area contributed by atoms with Crippen LogP contribution in [0.2, 0.25) is 0 Å². The Kier molecular flexibility index (Phi) is 4.35. The van der Waals surface area contributed by atoms with E-state index in [1.807, 2.05) is 56.3 Å². The second-order valence-corrected chi connectivity index (χ2v) is 4.78. The van der Waals surface area contributed by atoms with Gasteiger partial charge in [0.2, 0.25) is 0 Å². The maximum atomic E-state index is 5.12. The molecule has 0 atom stereocenters. The molecule has 0 spiro atoms. The summed E-state index contributed by atoms with van der Waals surface area (Å²) in [6, 6.07) is 13.7. The van der Waals surface area contributed by atoms with Crippen molar-refractivity contribution in [2.75, 3.05) is 26.1 Å². The van der Waals surface area contributed by atoms with E-state index in [9.17, 15) is 0 Å². The Hall–Kier alpha value is -2.36. The predicted octanol–water partition coefficient (Wildman–Crippen LogP) is 4.49. The van der Waals surface area contributed by atoms with Crippen LogP contribution in [0.3, 0.4) is 0 Å². The summed E-state index contributed by atoms with van der Waals surface area (Å²) in [5.41, 5.74) is 3.88. The average Bonchev–Trinajstić information content (AvgIpc) is 2.45. The molecule has 0 aromatic heterocycles. The summed E-state index contributed by atoms with van der Waals surface area (Å²) in [6.45, 7) is 2.05. The molecule has 0 saturated heterocycles. The van der Waals surface area contributed by atoms with Gasteiger partial charge in [-0.1, -0.05) is 6.07 Å². The van der Waals surface area contributed by atoms with E-state index >= 15 is 0 Å². The largest absolute Gasteiger partial charge is 0.497 e. The van der Waals surface area contributed by atoms with Gasteiger partial charge in [0.25, 0.3) is 0 Å². The van der Waals surface area contributed by atoms with Crippen molar-refractivity contribution in [3.8, 4) is 5.75 Å². The van der Waals surface area contributed by atoms with Crippen molar-refractivity contribution < 1.29 is 4.74 Å². The minimum Gasteiger partial charge on any atom is -0.497 e. The molecule has 2 rings (SSSR count). The van der Waals surface area contributed by atoms with Gasteiger partial charge in [-0.25, -0.2) is 0 Å². The van der Waals surface area contributed by atoms with Crippen LogP contribution in [-0.4, -0.2) is 21.2 Å². The number of anilines is 1. The Morgan fingerprint density at radius 3 is 2.25 bits per heavy atom. The first kappa shape index (κ1) is 14.1. The standard InChI is InChI=1S/C16H19N3O/c1-12-5-10-16(19(2)3)15(11-12)18-17-13-6-8-14(20-4)9-7-13/h5-11H,1-4H3. The lowest BCUT2D eigenvalue weighted by molar-refractivity contribution is 0.415. The van der Waals surface area contributed by atoms with E-state index in [1.165, 1.54) is 5.56 Å². The summed E-state index contributed by atoms with van der Waals surface area (Å²) in [6.07, 6.45) is 0. The maximum Gasteiger partial charge on any atom is 0.119 e. The highest BCUT2D eigenvalue weighted by Crippen LogP contribution is 2.30. The number of hydrogen-bond donors (Lipinski definition) is 0. The SMILES string of the molecule is COc1ccc(N=Nc2cc(C)ccc2N(C)C)cc1. The molecule has 0 aliphatic heterocycles. The van der Waals surface area contributed by atoms with Gasteiger partial charge in [0.15, 0.2) is 0 Å². The van der Waals surface area contributed by atoms with Gasteiger partial charge >= 0.3 is 0 Å². The molecular formula is C16H19N3O. The summed E-state index contributed by atoms with van der Waals surface area (Å²) >= 11 is 0. The van der Waals surface area contributed by atoms with E-state index in [2.05, 4.69) is 22.4 Å². The zero-order valence-corrected chi connectivity index (χ0v) is 12.3. The number of benzene rings is 2. The molecule has 20 heavy (non-hydrogen) atoms. The Balaban J connectivity index is 2.27. The number of ether oxygens (including phenoxy) is 1. The number of methoxy groups -OCH3 is 1. The Bertz CT molecular complexity index is 604. The molecule has 4 heteroatoms. The molecule has 104 valence electrons. The van der Waals surface area contributed by atoms with Gasteiger partial charge in [0, 0.05) is 14.1 Å². The van der Waals surface area contributed by atoms with E-state index in [1.54, 1.807) is 7.11 Å². The fourth-order valence-electron chi connectivity index (χ4n) is 1.85. The summed E-state index contributed by atoms with van der Waals surface area (Å²) in [5.74, 6) is 0.813. The van der Waals surface area contributed by atoms with Crippen LogP contribution in [0.15, 0.2) is 52.7 Å². The summed E-state index contributed by atoms with van der Waals surface area (Å²) in [7, 11) is 5.64. The number of azo groups is 1. The fourth-order valence-corrected chi connectivity index (χ4v) is 1.85. The topological polar surface area (TPSA) is 37.2 Å².